The monoisotopic (exact) mass is 346 g/mol. The van der Waals surface area contributed by atoms with Crippen molar-refractivity contribution in [1.82, 2.24) is 0 Å². The number of aliphatic hydroxyl groups is 3. The molecule has 0 unspecified atom stereocenters. The van der Waals surface area contributed by atoms with Crippen molar-refractivity contribution in [1.29, 1.82) is 0 Å². The molecule has 0 aliphatic carbocycles. The van der Waals surface area contributed by atoms with E-state index in [4.69, 9.17) is 15.3 Å². The van der Waals surface area contributed by atoms with E-state index in [0.717, 1.165) is 18.9 Å². The number of esters is 1. The van der Waals surface area contributed by atoms with Crippen LogP contribution in [-0.4, -0.2) is 59.3 Å². The zero-order valence-corrected chi connectivity index (χ0v) is 14.2. The second-order valence-electron chi connectivity index (χ2n) is 5.01. The van der Waals surface area contributed by atoms with E-state index in [2.05, 4.69) is 11.3 Å². The molecular formula is C17H30O7. The van der Waals surface area contributed by atoms with E-state index in [9.17, 15) is 14.4 Å². The molecule has 0 atom stereocenters. The van der Waals surface area contributed by atoms with E-state index in [1.54, 1.807) is 0 Å². The van der Waals surface area contributed by atoms with Crippen LogP contribution in [0.25, 0.3) is 0 Å². The number of carbonyl (C=O) groups is 3. The van der Waals surface area contributed by atoms with Gasteiger partial charge in [-0.05, 0) is 25.7 Å². The van der Waals surface area contributed by atoms with Crippen molar-refractivity contribution in [2.24, 2.45) is 0 Å². The van der Waals surface area contributed by atoms with E-state index >= 15 is 0 Å². The van der Waals surface area contributed by atoms with Crippen molar-refractivity contribution in [3.05, 3.63) is 12.7 Å². The Morgan fingerprint density at radius 2 is 1.21 bits per heavy atom. The van der Waals surface area contributed by atoms with Gasteiger partial charge < -0.3 is 20.1 Å². The molecule has 0 saturated carbocycles. The van der Waals surface area contributed by atoms with Crippen LogP contribution < -0.4 is 0 Å². The Kier molecular flexibility index (Phi) is 20.0. The van der Waals surface area contributed by atoms with Gasteiger partial charge in [0, 0.05) is 32.1 Å². The molecule has 0 aromatic carbocycles. The minimum absolute atomic E-state index is 0.0465. The number of ether oxygens (including phenoxy) is 1. The van der Waals surface area contributed by atoms with E-state index in [-0.39, 0.29) is 38.0 Å². The zero-order chi connectivity index (χ0) is 18.6. The number of ketones is 2. The molecule has 0 aromatic rings. The number of hydrogen-bond donors (Lipinski definition) is 3. The Morgan fingerprint density at radius 1 is 0.750 bits per heavy atom. The van der Waals surface area contributed by atoms with Gasteiger partial charge in [-0.2, -0.15) is 0 Å². The van der Waals surface area contributed by atoms with Crippen LogP contribution >= 0.6 is 0 Å². The molecule has 0 heterocycles. The van der Waals surface area contributed by atoms with Gasteiger partial charge in [0.25, 0.3) is 0 Å². The summed E-state index contributed by atoms with van der Waals surface area (Å²) >= 11 is 0. The summed E-state index contributed by atoms with van der Waals surface area (Å²) in [6.45, 7) is 3.35. The average molecular weight is 346 g/mol. The molecule has 24 heavy (non-hydrogen) atoms. The van der Waals surface area contributed by atoms with Gasteiger partial charge in [-0.3, -0.25) is 9.59 Å². The highest BCUT2D eigenvalue weighted by atomic mass is 16.5. The third-order valence-electron chi connectivity index (χ3n) is 2.94. The van der Waals surface area contributed by atoms with Crippen LogP contribution in [0, 0.1) is 0 Å². The third kappa shape index (κ3) is 18.5. The maximum absolute atomic E-state index is 11.3. The van der Waals surface area contributed by atoms with Gasteiger partial charge in [0.1, 0.15) is 6.61 Å². The van der Waals surface area contributed by atoms with Gasteiger partial charge in [0.2, 0.25) is 0 Å². The fourth-order valence-electron chi connectivity index (χ4n) is 1.63. The van der Waals surface area contributed by atoms with Crippen molar-refractivity contribution in [2.45, 2.75) is 51.4 Å². The number of unbranched alkanes of at least 4 members (excludes halogenated alkanes) is 4. The highest BCUT2D eigenvalue weighted by molar-refractivity contribution is 6.37. The second-order valence-corrected chi connectivity index (χ2v) is 5.01. The van der Waals surface area contributed by atoms with Crippen LogP contribution in [0.2, 0.25) is 0 Å². The predicted molar refractivity (Wildman–Crippen MR) is 89.4 cm³/mol. The van der Waals surface area contributed by atoms with Crippen molar-refractivity contribution in [2.75, 3.05) is 26.4 Å². The highest BCUT2D eigenvalue weighted by Crippen LogP contribution is 2.05. The normalized spacial score (nSPS) is 9.62. The molecule has 0 saturated heterocycles. The molecule has 3 N–H and O–H groups in total. The van der Waals surface area contributed by atoms with Crippen LogP contribution in [-0.2, 0) is 19.1 Å². The lowest BCUT2D eigenvalue weighted by molar-refractivity contribution is -0.138. The van der Waals surface area contributed by atoms with Gasteiger partial charge in [-0.1, -0.05) is 19.4 Å². The fourth-order valence-corrected chi connectivity index (χ4v) is 1.63. The molecule has 0 fully saturated rings. The van der Waals surface area contributed by atoms with Gasteiger partial charge in [0.05, 0.1) is 6.61 Å². The lowest BCUT2D eigenvalue weighted by atomic mass is 10.0. The van der Waals surface area contributed by atoms with Crippen LogP contribution in [0.3, 0.4) is 0 Å². The molecule has 140 valence electrons. The number of rotatable bonds is 14. The summed E-state index contributed by atoms with van der Waals surface area (Å²) in [6.07, 6.45) is 5.99. The maximum atomic E-state index is 11.3. The second kappa shape index (κ2) is 19.5. The molecule has 0 bridgehead atoms. The van der Waals surface area contributed by atoms with Crippen LogP contribution in [0.15, 0.2) is 12.7 Å². The SMILES string of the molecule is C=CC(=O)OCCO.O=C(CCCCCO)C(=O)CCCCCO. The molecular weight excluding hydrogens is 316 g/mol. The Balaban J connectivity index is 0. The van der Waals surface area contributed by atoms with E-state index in [1.165, 1.54) is 0 Å². The molecule has 7 nitrogen and oxygen atoms in total. The van der Waals surface area contributed by atoms with Crippen molar-refractivity contribution >= 4 is 17.5 Å². The Hall–Kier alpha value is -1.57. The summed E-state index contributed by atoms with van der Waals surface area (Å²) in [7, 11) is 0. The number of aliphatic hydroxyl groups excluding tert-OH is 3. The summed E-state index contributed by atoms with van der Waals surface area (Å²) < 4.78 is 4.33. The molecule has 0 amide bonds. The van der Waals surface area contributed by atoms with E-state index in [1.807, 2.05) is 0 Å². The first-order valence-electron chi connectivity index (χ1n) is 8.21. The first kappa shape index (κ1) is 24.7. The van der Waals surface area contributed by atoms with Gasteiger partial charge >= 0.3 is 5.97 Å². The Morgan fingerprint density at radius 3 is 1.54 bits per heavy atom. The molecule has 0 aliphatic heterocycles. The third-order valence-corrected chi connectivity index (χ3v) is 2.94. The number of hydrogen-bond acceptors (Lipinski definition) is 7. The zero-order valence-electron chi connectivity index (χ0n) is 14.2. The predicted octanol–water partition coefficient (Wildman–Crippen LogP) is 0.938. The summed E-state index contributed by atoms with van der Waals surface area (Å²) in [5.74, 6) is -1.08. The Labute approximate surface area is 143 Å². The summed E-state index contributed by atoms with van der Waals surface area (Å²) in [4.78, 5) is 32.7. The van der Waals surface area contributed by atoms with Crippen LogP contribution in [0.4, 0.5) is 0 Å². The average Bonchev–Trinajstić information content (AvgIpc) is 2.60. The number of Topliss-reactive ketones (excluding diaryl/α,β-unsaturated/α-hetero) is 2. The van der Waals surface area contributed by atoms with E-state index in [0.29, 0.717) is 38.5 Å². The standard InChI is InChI=1S/C12H22O4.C5H8O3/c13-9-5-1-3-7-11(15)12(16)8-4-2-6-10-14;1-2-5(7)8-4-3-6/h13-14H,1-10H2;2,6H,1,3-4H2. The molecule has 7 heteroatoms. The number of carbonyl (C=O) groups excluding carboxylic acids is 3. The van der Waals surface area contributed by atoms with E-state index < -0.39 is 5.97 Å². The van der Waals surface area contributed by atoms with Crippen LogP contribution in [0.1, 0.15) is 51.4 Å². The topological polar surface area (TPSA) is 121 Å². The fraction of sp³-hybridized carbons (Fsp3) is 0.706. The molecule has 0 rings (SSSR count). The van der Waals surface area contributed by atoms with Gasteiger partial charge in [-0.15, -0.1) is 0 Å². The first-order valence-corrected chi connectivity index (χ1v) is 8.21. The molecule has 0 radical (unpaired) electrons. The summed E-state index contributed by atoms with van der Waals surface area (Å²) in [6, 6.07) is 0. The van der Waals surface area contributed by atoms with Gasteiger partial charge in [0.15, 0.2) is 11.6 Å². The lowest BCUT2D eigenvalue weighted by Crippen LogP contribution is -2.13. The van der Waals surface area contributed by atoms with Crippen molar-refractivity contribution in [3.8, 4) is 0 Å². The lowest BCUT2D eigenvalue weighted by Gasteiger charge is -2.00. The van der Waals surface area contributed by atoms with Crippen molar-refractivity contribution in [3.63, 3.8) is 0 Å². The summed E-state index contributed by atoms with van der Waals surface area (Å²) in [5, 5.41) is 25.2. The quantitative estimate of drug-likeness (QED) is 0.185. The minimum atomic E-state index is -0.501. The smallest absolute Gasteiger partial charge is 0.330 e. The van der Waals surface area contributed by atoms with Gasteiger partial charge in [-0.25, -0.2) is 4.79 Å². The summed E-state index contributed by atoms with van der Waals surface area (Å²) in [5.41, 5.74) is 0. The first-order chi connectivity index (χ1) is 11.5. The largest absolute Gasteiger partial charge is 0.460 e. The highest BCUT2D eigenvalue weighted by Gasteiger charge is 2.12. The Bertz CT molecular complexity index is 331. The molecule has 0 aromatic heterocycles. The molecule has 0 aliphatic rings. The molecule has 0 spiro atoms. The van der Waals surface area contributed by atoms with Crippen molar-refractivity contribution < 1.29 is 34.4 Å². The maximum Gasteiger partial charge on any atom is 0.330 e. The minimum Gasteiger partial charge on any atom is -0.460 e. The van der Waals surface area contributed by atoms with Crippen LogP contribution in [0.5, 0.6) is 0 Å².